The van der Waals surface area contributed by atoms with E-state index in [0.29, 0.717) is 23.7 Å². The van der Waals surface area contributed by atoms with Gasteiger partial charge in [0.2, 0.25) is 0 Å². The number of aromatic nitrogens is 1. The Morgan fingerprint density at radius 1 is 1.43 bits per heavy atom. The van der Waals surface area contributed by atoms with Crippen molar-refractivity contribution in [2.24, 2.45) is 11.8 Å². The first-order chi connectivity index (χ1) is 9.85. The summed E-state index contributed by atoms with van der Waals surface area (Å²) in [5, 5.41) is 12.4. The van der Waals surface area contributed by atoms with Gasteiger partial charge in [-0.3, -0.25) is 9.59 Å². The first-order valence-electron chi connectivity index (χ1n) is 7.21. The van der Waals surface area contributed by atoms with Gasteiger partial charge in [-0.05, 0) is 24.8 Å². The molecule has 1 atom stereocenters. The molecule has 0 radical (unpaired) electrons. The molecule has 1 amide bonds. The molecule has 6 heteroatoms. The monoisotopic (exact) mass is 314 g/mol. The van der Waals surface area contributed by atoms with E-state index in [1.54, 1.807) is 16.8 Å². The smallest absolute Gasteiger partial charge is 0.308 e. The highest BCUT2D eigenvalue weighted by atomic mass is 35.5. The number of carboxylic acid groups (broad SMARTS) is 1. The second-order valence-corrected chi connectivity index (χ2v) is 6.05. The largest absolute Gasteiger partial charge is 0.481 e. The van der Waals surface area contributed by atoms with E-state index in [0.717, 1.165) is 6.42 Å². The minimum atomic E-state index is -0.883. The van der Waals surface area contributed by atoms with Gasteiger partial charge < -0.3 is 15.0 Å². The Balaban J connectivity index is 2.70. The van der Waals surface area contributed by atoms with Crippen LogP contribution < -0.4 is 5.32 Å². The van der Waals surface area contributed by atoms with Gasteiger partial charge >= 0.3 is 5.97 Å². The van der Waals surface area contributed by atoms with Gasteiger partial charge in [-0.25, -0.2) is 0 Å². The number of aliphatic carboxylic acids is 1. The van der Waals surface area contributed by atoms with Crippen molar-refractivity contribution in [2.75, 3.05) is 6.54 Å². The number of carbonyl (C=O) groups excluding carboxylic acids is 1. The van der Waals surface area contributed by atoms with Crippen LogP contribution in [0.25, 0.3) is 0 Å². The quantitative estimate of drug-likeness (QED) is 0.774. The Hall–Kier alpha value is -1.49. The molecule has 1 aromatic heterocycles. The topological polar surface area (TPSA) is 71.3 Å². The fourth-order valence-electron chi connectivity index (χ4n) is 2.24. The number of hydrogen-bond donors (Lipinski definition) is 2. The van der Waals surface area contributed by atoms with Crippen molar-refractivity contribution in [1.29, 1.82) is 0 Å². The van der Waals surface area contributed by atoms with Crippen LogP contribution in [0.3, 0.4) is 0 Å². The number of nitrogens with zero attached hydrogens (tertiary/aromatic N) is 1. The molecule has 5 nitrogen and oxygen atoms in total. The van der Waals surface area contributed by atoms with Crippen molar-refractivity contribution in [1.82, 2.24) is 9.88 Å². The van der Waals surface area contributed by atoms with E-state index in [4.69, 9.17) is 11.6 Å². The number of amides is 1. The molecule has 0 fully saturated rings. The fraction of sp³-hybridized carbons (Fsp3) is 0.600. The zero-order chi connectivity index (χ0) is 16.0. The molecule has 118 valence electrons. The summed E-state index contributed by atoms with van der Waals surface area (Å²) in [6, 6.07) is 1.60. The van der Waals surface area contributed by atoms with Gasteiger partial charge in [0.05, 0.1) is 10.9 Å². The molecule has 0 saturated heterocycles. The van der Waals surface area contributed by atoms with Crippen LogP contribution >= 0.6 is 11.6 Å². The summed E-state index contributed by atoms with van der Waals surface area (Å²) in [7, 11) is 0. The highest BCUT2D eigenvalue weighted by molar-refractivity contribution is 6.31. The van der Waals surface area contributed by atoms with Gasteiger partial charge in [0.1, 0.15) is 5.69 Å². The van der Waals surface area contributed by atoms with Crippen LogP contribution in [0.4, 0.5) is 0 Å². The minimum Gasteiger partial charge on any atom is -0.481 e. The number of hydrogen-bond acceptors (Lipinski definition) is 2. The molecular formula is C15H23ClN2O3. The standard InChI is InChI=1S/C15H23ClN2O3/c1-4-5-18-9-12(16)7-13(18)14(19)17-8-11(15(20)21)6-10(2)3/h7,9-11H,4-6,8H2,1-3H3,(H,17,19)(H,20,21). The van der Waals surface area contributed by atoms with Crippen LogP contribution in [0.1, 0.15) is 44.1 Å². The van der Waals surface area contributed by atoms with Crippen molar-refractivity contribution in [3.8, 4) is 0 Å². The van der Waals surface area contributed by atoms with E-state index in [1.807, 2.05) is 20.8 Å². The maximum Gasteiger partial charge on any atom is 0.308 e. The summed E-state index contributed by atoms with van der Waals surface area (Å²) >= 11 is 5.93. The summed E-state index contributed by atoms with van der Waals surface area (Å²) < 4.78 is 1.79. The molecule has 1 rings (SSSR count). The third kappa shape index (κ3) is 5.42. The molecule has 21 heavy (non-hydrogen) atoms. The summed E-state index contributed by atoms with van der Waals surface area (Å²) in [4.78, 5) is 23.4. The zero-order valence-electron chi connectivity index (χ0n) is 12.7. The maximum absolute atomic E-state index is 12.2. The van der Waals surface area contributed by atoms with Crippen molar-refractivity contribution >= 4 is 23.5 Å². The van der Waals surface area contributed by atoms with Crippen LogP contribution in [-0.2, 0) is 11.3 Å². The Bertz CT molecular complexity index is 497. The van der Waals surface area contributed by atoms with Gasteiger partial charge in [-0.15, -0.1) is 0 Å². The lowest BCUT2D eigenvalue weighted by atomic mass is 9.97. The summed E-state index contributed by atoms with van der Waals surface area (Å²) in [5.41, 5.74) is 0.468. The SMILES string of the molecule is CCCn1cc(Cl)cc1C(=O)NCC(CC(C)C)C(=O)O. The van der Waals surface area contributed by atoms with Crippen LogP contribution in [0, 0.1) is 11.8 Å². The molecule has 1 aromatic rings. The van der Waals surface area contributed by atoms with E-state index in [-0.39, 0.29) is 18.4 Å². The van der Waals surface area contributed by atoms with Gasteiger partial charge in [0.25, 0.3) is 5.91 Å². The summed E-state index contributed by atoms with van der Waals surface area (Å²) in [5.74, 6) is -1.48. The second kappa shape index (κ2) is 8.08. The molecule has 1 unspecified atom stereocenters. The maximum atomic E-state index is 12.2. The molecule has 0 spiro atoms. The highest BCUT2D eigenvalue weighted by Crippen LogP contribution is 2.15. The van der Waals surface area contributed by atoms with Crippen molar-refractivity contribution in [3.63, 3.8) is 0 Å². The van der Waals surface area contributed by atoms with Gasteiger partial charge in [-0.1, -0.05) is 32.4 Å². The number of rotatable bonds is 8. The van der Waals surface area contributed by atoms with Crippen LogP contribution in [0.5, 0.6) is 0 Å². The van der Waals surface area contributed by atoms with Gasteiger partial charge in [-0.2, -0.15) is 0 Å². The van der Waals surface area contributed by atoms with E-state index < -0.39 is 11.9 Å². The number of carbonyl (C=O) groups is 2. The third-order valence-electron chi connectivity index (χ3n) is 3.17. The normalized spacial score (nSPS) is 12.4. The molecular weight excluding hydrogens is 292 g/mol. The Labute approximate surface area is 130 Å². The van der Waals surface area contributed by atoms with Gasteiger partial charge in [0, 0.05) is 19.3 Å². The Morgan fingerprint density at radius 2 is 2.10 bits per heavy atom. The third-order valence-corrected chi connectivity index (χ3v) is 3.38. The molecule has 0 aliphatic carbocycles. The number of carboxylic acids is 1. The second-order valence-electron chi connectivity index (χ2n) is 5.61. The summed E-state index contributed by atoms with van der Waals surface area (Å²) in [6.45, 7) is 6.76. The van der Waals surface area contributed by atoms with Crippen molar-refractivity contribution < 1.29 is 14.7 Å². The lowest BCUT2D eigenvalue weighted by molar-refractivity contribution is -0.142. The van der Waals surface area contributed by atoms with Crippen LogP contribution in [0.2, 0.25) is 5.02 Å². The lowest BCUT2D eigenvalue weighted by Gasteiger charge is -2.16. The Morgan fingerprint density at radius 3 is 2.62 bits per heavy atom. The van der Waals surface area contributed by atoms with Gasteiger partial charge in [0.15, 0.2) is 0 Å². The lowest BCUT2D eigenvalue weighted by Crippen LogP contribution is -2.34. The predicted octanol–water partition coefficient (Wildman–Crippen LogP) is 3.03. The Kier molecular flexibility index (Phi) is 6.75. The zero-order valence-corrected chi connectivity index (χ0v) is 13.5. The first kappa shape index (κ1) is 17.6. The predicted molar refractivity (Wildman–Crippen MR) is 82.6 cm³/mol. The molecule has 0 bridgehead atoms. The molecule has 0 aromatic carbocycles. The number of nitrogens with one attached hydrogen (secondary N) is 1. The van der Waals surface area contributed by atoms with Crippen LogP contribution in [-0.4, -0.2) is 28.1 Å². The number of aryl methyl sites for hydroxylation is 1. The fourth-order valence-corrected chi connectivity index (χ4v) is 2.46. The molecule has 1 heterocycles. The van der Waals surface area contributed by atoms with E-state index in [2.05, 4.69) is 5.32 Å². The molecule has 0 saturated carbocycles. The minimum absolute atomic E-state index is 0.126. The van der Waals surface area contributed by atoms with Crippen molar-refractivity contribution in [3.05, 3.63) is 23.0 Å². The van der Waals surface area contributed by atoms with E-state index in [9.17, 15) is 14.7 Å². The first-order valence-corrected chi connectivity index (χ1v) is 7.59. The van der Waals surface area contributed by atoms with Crippen molar-refractivity contribution in [2.45, 2.75) is 40.2 Å². The van der Waals surface area contributed by atoms with E-state index >= 15 is 0 Å². The molecule has 0 aliphatic heterocycles. The summed E-state index contributed by atoms with van der Waals surface area (Å²) in [6.07, 6.45) is 3.13. The number of halogens is 1. The van der Waals surface area contributed by atoms with Crippen LogP contribution in [0.15, 0.2) is 12.3 Å². The molecule has 2 N–H and O–H groups in total. The molecule has 0 aliphatic rings. The van der Waals surface area contributed by atoms with E-state index in [1.165, 1.54) is 0 Å². The average molecular weight is 315 g/mol. The highest BCUT2D eigenvalue weighted by Gasteiger charge is 2.21. The average Bonchev–Trinajstić information content (AvgIpc) is 2.75.